The van der Waals surface area contributed by atoms with E-state index >= 15 is 0 Å². The van der Waals surface area contributed by atoms with E-state index in [0.717, 1.165) is 48.3 Å². The Morgan fingerprint density at radius 3 is 2.80 bits per heavy atom. The average Bonchev–Trinajstić information content (AvgIpc) is 2.54. The monoisotopic (exact) mass is 290 g/mol. The Hall–Kier alpha value is -1.32. The number of ether oxygens (including phenoxy) is 1. The van der Waals surface area contributed by atoms with Gasteiger partial charge in [-0.1, -0.05) is 18.2 Å². The molecular weight excluding hydrogens is 272 g/mol. The van der Waals surface area contributed by atoms with Crippen LogP contribution in [0.5, 0.6) is 0 Å². The van der Waals surface area contributed by atoms with Gasteiger partial charge in [0.15, 0.2) is 0 Å². The second-order valence-corrected chi connectivity index (χ2v) is 5.51. The molecule has 0 N–H and O–H groups in total. The normalized spacial score (nSPS) is 16.5. The number of aromatic nitrogens is 1. The molecule has 20 heavy (non-hydrogen) atoms. The van der Waals surface area contributed by atoms with Gasteiger partial charge in [-0.25, -0.2) is 4.98 Å². The van der Waals surface area contributed by atoms with Crippen LogP contribution in [0.3, 0.4) is 0 Å². The minimum atomic E-state index is 0.501. The Labute approximate surface area is 124 Å². The third-order valence-corrected chi connectivity index (χ3v) is 4.32. The van der Waals surface area contributed by atoms with Crippen LogP contribution in [-0.2, 0) is 10.6 Å². The van der Waals surface area contributed by atoms with Crippen LogP contribution < -0.4 is 4.90 Å². The van der Waals surface area contributed by atoms with Gasteiger partial charge in [0.05, 0.1) is 5.52 Å². The van der Waals surface area contributed by atoms with E-state index in [2.05, 4.69) is 24.1 Å². The Kier molecular flexibility index (Phi) is 4.08. The highest BCUT2D eigenvalue weighted by Crippen LogP contribution is 2.26. The highest BCUT2D eigenvalue weighted by Gasteiger charge is 2.20. The molecule has 0 amide bonds. The Balaban J connectivity index is 1.98. The van der Waals surface area contributed by atoms with Gasteiger partial charge >= 0.3 is 0 Å². The Bertz CT molecular complexity index is 596. The maximum absolute atomic E-state index is 6.10. The first-order valence-electron chi connectivity index (χ1n) is 7.05. The molecule has 1 aliphatic rings. The number of pyridine rings is 1. The summed E-state index contributed by atoms with van der Waals surface area (Å²) in [4.78, 5) is 7.05. The fourth-order valence-electron chi connectivity index (χ4n) is 2.78. The summed E-state index contributed by atoms with van der Waals surface area (Å²) in [7, 11) is 2.12. The number of halogens is 1. The molecule has 0 atom stereocenters. The molecule has 3 rings (SSSR count). The van der Waals surface area contributed by atoms with Crippen molar-refractivity contribution < 1.29 is 4.74 Å². The lowest BCUT2D eigenvalue weighted by Crippen LogP contribution is -2.37. The summed E-state index contributed by atoms with van der Waals surface area (Å²) in [6, 6.07) is 10.8. The lowest BCUT2D eigenvalue weighted by molar-refractivity contribution is 0.0854. The molecule has 1 fully saturated rings. The number of hydrogen-bond donors (Lipinski definition) is 0. The largest absolute Gasteiger partial charge is 0.381 e. The van der Waals surface area contributed by atoms with Gasteiger partial charge in [0.2, 0.25) is 0 Å². The van der Waals surface area contributed by atoms with Crippen molar-refractivity contribution in [3.63, 3.8) is 0 Å². The smallest absolute Gasteiger partial charge is 0.129 e. The summed E-state index contributed by atoms with van der Waals surface area (Å²) in [5.41, 5.74) is 2.16. The fraction of sp³-hybridized carbons (Fsp3) is 0.438. The van der Waals surface area contributed by atoms with Crippen molar-refractivity contribution in [1.82, 2.24) is 4.98 Å². The van der Waals surface area contributed by atoms with Crippen molar-refractivity contribution in [3.05, 3.63) is 35.9 Å². The zero-order valence-corrected chi connectivity index (χ0v) is 12.4. The molecule has 0 radical (unpaired) electrons. The molecule has 3 nitrogen and oxygen atoms in total. The molecule has 1 aliphatic heterocycles. The second kappa shape index (κ2) is 5.98. The zero-order valence-electron chi connectivity index (χ0n) is 11.7. The summed E-state index contributed by atoms with van der Waals surface area (Å²) in [6.45, 7) is 1.68. The third-order valence-electron chi connectivity index (χ3n) is 4.03. The first-order valence-corrected chi connectivity index (χ1v) is 7.58. The van der Waals surface area contributed by atoms with Gasteiger partial charge in [-0.05, 0) is 30.5 Å². The van der Waals surface area contributed by atoms with Crippen molar-refractivity contribution in [2.75, 3.05) is 25.2 Å². The standard InChI is InChI=1S/C16H19ClN2O/c1-19(13-6-8-20-9-7-13)16-10-12(11-17)14-4-2-3-5-15(14)18-16/h2-5,10,13H,6-9,11H2,1H3. The fourth-order valence-corrected chi connectivity index (χ4v) is 3.00. The van der Waals surface area contributed by atoms with Gasteiger partial charge in [0, 0.05) is 37.6 Å². The molecule has 4 heteroatoms. The zero-order chi connectivity index (χ0) is 13.9. The van der Waals surface area contributed by atoms with Crippen LogP contribution >= 0.6 is 11.6 Å². The van der Waals surface area contributed by atoms with E-state index in [1.54, 1.807) is 0 Å². The number of anilines is 1. The van der Waals surface area contributed by atoms with Crippen LogP contribution in [0.15, 0.2) is 30.3 Å². The summed E-state index contributed by atoms with van der Waals surface area (Å²) >= 11 is 6.10. The molecule has 106 valence electrons. The predicted molar refractivity (Wildman–Crippen MR) is 83.5 cm³/mol. The second-order valence-electron chi connectivity index (χ2n) is 5.24. The van der Waals surface area contributed by atoms with Crippen LogP contribution in [0.2, 0.25) is 0 Å². The van der Waals surface area contributed by atoms with Crippen LogP contribution in [0.25, 0.3) is 10.9 Å². The van der Waals surface area contributed by atoms with Gasteiger partial charge in [-0.2, -0.15) is 0 Å². The molecule has 1 aromatic carbocycles. The summed E-state index contributed by atoms with van der Waals surface area (Å²) < 4.78 is 5.43. The first kappa shape index (κ1) is 13.7. The number of benzene rings is 1. The molecule has 2 heterocycles. The molecule has 0 saturated carbocycles. The highest BCUT2D eigenvalue weighted by molar-refractivity contribution is 6.18. The van der Waals surface area contributed by atoms with E-state index in [4.69, 9.17) is 21.3 Å². The topological polar surface area (TPSA) is 25.4 Å². The molecule has 1 aromatic heterocycles. The van der Waals surface area contributed by atoms with E-state index in [9.17, 15) is 0 Å². The van der Waals surface area contributed by atoms with Crippen LogP contribution in [-0.4, -0.2) is 31.3 Å². The van der Waals surface area contributed by atoms with Crippen molar-refractivity contribution in [1.29, 1.82) is 0 Å². The van der Waals surface area contributed by atoms with Crippen LogP contribution in [0, 0.1) is 0 Å². The minimum Gasteiger partial charge on any atom is -0.381 e. The van der Waals surface area contributed by atoms with Gasteiger partial charge in [0.1, 0.15) is 5.82 Å². The SMILES string of the molecule is CN(c1cc(CCl)c2ccccc2n1)C1CCOCC1. The molecule has 0 aliphatic carbocycles. The van der Waals surface area contributed by atoms with E-state index in [1.807, 2.05) is 18.2 Å². The number of nitrogens with zero attached hydrogens (tertiary/aromatic N) is 2. The molecular formula is C16H19ClN2O. The highest BCUT2D eigenvalue weighted by atomic mass is 35.5. The summed E-state index contributed by atoms with van der Waals surface area (Å²) in [5.74, 6) is 1.52. The van der Waals surface area contributed by atoms with Gasteiger partial charge in [-0.3, -0.25) is 0 Å². The van der Waals surface area contributed by atoms with Crippen molar-refractivity contribution in [2.45, 2.75) is 24.8 Å². The number of para-hydroxylation sites is 1. The number of rotatable bonds is 3. The minimum absolute atomic E-state index is 0.501. The molecule has 0 spiro atoms. The molecule has 2 aromatic rings. The van der Waals surface area contributed by atoms with E-state index < -0.39 is 0 Å². The molecule has 1 saturated heterocycles. The lowest BCUT2D eigenvalue weighted by atomic mass is 10.1. The van der Waals surface area contributed by atoms with E-state index in [0.29, 0.717) is 11.9 Å². The number of fused-ring (bicyclic) bond motifs is 1. The maximum atomic E-state index is 6.10. The predicted octanol–water partition coefficient (Wildman–Crippen LogP) is 3.59. The van der Waals surface area contributed by atoms with Crippen LogP contribution in [0.4, 0.5) is 5.82 Å². The van der Waals surface area contributed by atoms with Gasteiger partial charge < -0.3 is 9.64 Å². The summed E-state index contributed by atoms with van der Waals surface area (Å²) in [6.07, 6.45) is 2.11. The van der Waals surface area contributed by atoms with E-state index in [-0.39, 0.29) is 0 Å². The number of hydrogen-bond acceptors (Lipinski definition) is 3. The van der Waals surface area contributed by atoms with Gasteiger partial charge in [-0.15, -0.1) is 11.6 Å². The van der Waals surface area contributed by atoms with Crippen molar-refractivity contribution in [2.24, 2.45) is 0 Å². The number of alkyl halides is 1. The maximum Gasteiger partial charge on any atom is 0.129 e. The Morgan fingerprint density at radius 2 is 2.05 bits per heavy atom. The summed E-state index contributed by atoms with van der Waals surface area (Å²) in [5, 5.41) is 1.15. The third kappa shape index (κ3) is 2.60. The van der Waals surface area contributed by atoms with Crippen molar-refractivity contribution >= 4 is 28.3 Å². The average molecular weight is 291 g/mol. The van der Waals surface area contributed by atoms with Gasteiger partial charge in [0.25, 0.3) is 0 Å². The lowest BCUT2D eigenvalue weighted by Gasteiger charge is -2.32. The quantitative estimate of drug-likeness (QED) is 0.808. The van der Waals surface area contributed by atoms with Crippen LogP contribution in [0.1, 0.15) is 18.4 Å². The molecule has 0 bridgehead atoms. The van der Waals surface area contributed by atoms with E-state index in [1.165, 1.54) is 0 Å². The molecule has 0 unspecified atom stereocenters. The van der Waals surface area contributed by atoms with Crippen molar-refractivity contribution in [3.8, 4) is 0 Å². The Morgan fingerprint density at radius 1 is 1.30 bits per heavy atom. The first-order chi connectivity index (χ1) is 9.79.